The maximum Gasteiger partial charge on any atom is 0.327 e. The van der Waals surface area contributed by atoms with Crippen LogP contribution < -0.4 is 20.9 Å². The van der Waals surface area contributed by atoms with Crippen LogP contribution in [0.5, 0.6) is 0 Å². The molecular weight excluding hydrogens is 384 g/mol. The fraction of sp³-hybridized carbons (Fsp3) is 0.167. The molecule has 0 aliphatic rings. The number of nitrogens with one attached hydrogen (secondary N) is 4. The second-order valence-electron chi connectivity index (χ2n) is 6.04. The summed E-state index contributed by atoms with van der Waals surface area (Å²) in [6.45, 7) is 3.37. The van der Waals surface area contributed by atoms with Crippen LogP contribution in [0.15, 0.2) is 59.5 Å². The van der Waals surface area contributed by atoms with Crippen LogP contribution in [-0.2, 0) is 19.6 Å². The Morgan fingerprint density at radius 1 is 0.857 bits per heavy atom. The van der Waals surface area contributed by atoms with Gasteiger partial charge in [-0.2, -0.15) is 0 Å². The summed E-state index contributed by atoms with van der Waals surface area (Å²) in [6.07, 6.45) is 0. The molecular formula is C18H20N4O5S. The number of sulfonamides is 1. The molecule has 0 aromatic heterocycles. The molecule has 2 aromatic rings. The Bertz CT molecular complexity index is 974. The van der Waals surface area contributed by atoms with E-state index in [-0.39, 0.29) is 22.2 Å². The first-order valence-electron chi connectivity index (χ1n) is 8.28. The minimum Gasteiger partial charge on any atom is -0.346 e. The summed E-state index contributed by atoms with van der Waals surface area (Å²) in [6, 6.07) is 13.2. The lowest BCUT2D eigenvalue weighted by atomic mass is 10.2. The minimum atomic E-state index is -3.81. The van der Waals surface area contributed by atoms with Gasteiger partial charge < -0.3 is 5.32 Å². The molecule has 2 aromatic carbocycles. The zero-order valence-corrected chi connectivity index (χ0v) is 16.0. The molecule has 2 rings (SSSR count). The van der Waals surface area contributed by atoms with E-state index < -0.39 is 27.7 Å². The number of benzene rings is 2. The standard InChI is InChI=1S/C18H20N4O5S/c1-12(2)19-17(24)18(25)21-20-16(23)13-7-6-8-14(11-13)22-28(26,27)15-9-4-3-5-10-15/h3-12,22H,1-2H3,(H,19,24)(H,20,23)(H,21,25). The average Bonchev–Trinajstić information content (AvgIpc) is 2.65. The second-order valence-corrected chi connectivity index (χ2v) is 7.72. The van der Waals surface area contributed by atoms with Gasteiger partial charge in [-0.15, -0.1) is 0 Å². The Balaban J connectivity index is 2.03. The molecule has 0 saturated carbocycles. The summed E-state index contributed by atoms with van der Waals surface area (Å²) >= 11 is 0. The van der Waals surface area contributed by atoms with Crippen molar-refractivity contribution in [1.82, 2.24) is 16.2 Å². The summed E-state index contributed by atoms with van der Waals surface area (Å²) in [5.74, 6) is -2.63. The molecule has 4 N–H and O–H groups in total. The quantitative estimate of drug-likeness (QED) is 0.432. The Labute approximate surface area is 162 Å². The van der Waals surface area contributed by atoms with Crippen molar-refractivity contribution in [2.45, 2.75) is 24.8 Å². The molecule has 0 unspecified atom stereocenters. The lowest BCUT2D eigenvalue weighted by molar-refractivity contribution is -0.139. The van der Waals surface area contributed by atoms with Crippen LogP contribution >= 0.6 is 0 Å². The van der Waals surface area contributed by atoms with Gasteiger partial charge >= 0.3 is 11.8 Å². The van der Waals surface area contributed by atoms with Gasteiger partial charge in [0.05, 0.1) is 4.90 Å². The highest BCUT2D eigenvalue weighted by Crippen LogP contribution is 2.17. The van der Waals surface area contributed by atoms with Gasteiger partial charge in [0.1, 0.15) is 0 Å². The molecule has 0 radical (unpaired) electrons. The average molecular weight is 404 g/mol. The van der Waals surface area contributed by atoms with Crippen molar-refractivity contribution in [3.05, 3.63) is 60.2 Å². The second kappa shape index (κ2) is 9.00. The summed E-state index contributed by atoms with van der Waals surface area (Å²) < 4.78 is 27.1. The van der Waals surface area contributed by atoms with Crippen molar-refractivity contribution in [3.8, 4) is 0 Å². The third-order valence-corrected chi connectivity index (χ3v) is 4.74. The zero-order chi connectivity index (χ0) is 20.7. The van der Waals surface area contributed by atoms with E-state index in [0.29, 0.717) is 0 Å². The number of hydrazine groups is 1. The molecule has 0 saturated heterocycles. The highest BCUT2D eigenvalue weighted by molar-refractivity contribution is 7.92. The zero-order valence-electron chi connectivity index (χ0n) is 15.2. The monoisotopic (exact) mass is 404 g/mol. The Morgan fingerprint density at radius 2 is 1.54 bits per heavy atom. The molecule has 0 atom stereocenters. The van der Waals surface area contributed by atoms with Gasteiger partial charge in [-0.3, -0.25) is 30.0 Å². The van der Waals surface area contributed by atoms with Crippen LogP contribution in [0.1, 0.15) is 24.2 Å². The first kappa shape index (κ1) is 20.9. The van der Waals surface area contributed by atoms with E-state index in [9.17, 15) is 22.8 Å². The number of carbonyl (C=O) groups is 3. The van der Waals surface area contributed by atoms with E-state index in [1.807, 2.05) is 5.43 Å². The number of amides is 3. The predicted octanol–water partition coefficient (Wildman–Crippen LogP) is 0.773. The van der Waals surface area contributed by atoms with Crippen molar-refractivity contribution in [2.75, 3.05) is 4.72 Å². The highest BCUT2D eigenvalue weighted by atomic mass is 32.2. The summed E-state index contributed by atoms with van der Waals surface area (Å²) in [4.78, 5) is 35.3. The normalized spacial score (nSPS) is 10.8. The molecule has 0 bridgehead atoms. The highest BCUT2D eigenvalue weighted by Gasteiger charge is 2.17. The minimum absolute atomic E-state index is 0.0771. The van der Waals surface area contributed by atoms with Gasteiger partial charge in [0, 0.05) is 17.3 Å². The molecule has 0 heterocycles. The van der Waals surface area contributed by atoms with Crippen molar-refractivity contribution >= 4 is 33.4 Å². The first-order chi connectivity index (χ1) is 13.2. The van der Waals surface area contributed by atoms with Crippen LogP contribution in [0.3, 0.4) is 0 Å². The van der Waals surface area contributed by atoms with Gasteiger partial charge in [0.15, 0.2) is 0 Å². The van der Waals surface area contributed by atoms with Gasteiger partial charge in [-0.25, -0.2) is 8.42 Å². The molecule has 0 aliphatic carbocycles. The van der Waals surface area contributed by atoms with E-state index in [2.05, 4.69) is 15.5 Å². The van der Waals surface area contributed by atoms with Crippen molar-refractivity contribution in [3.63, 3.8) is 0 Å². The SMILES string of the molecule is CC(C)NC(=O)C(=O)NNC(=O)c1cccc(NS(=O)(=O)c2ccccc2)c1. The number of hydrogen-bond acceptors (Lipinski definition) is 5. The Kier molecular flexibility index (Phi) is 6.72. The maximum atomic E-state index is 12.3. The third kappa shape index (κ3) is 5.81. The number of carbonyl (C=O) groups excluding carboxylic acids is 3. The van der Waals surface area contributed by atoms with Crippen LogP contribution in [0.25, 0.3) is 0 Å². The molecule has 0 spiro atoms. The fourth-order valence-electron chi connectivity index (χ4n) is 2.11. The molecule has 148 valence electrons. The predicted molar refractivity (Wildman–Crippen MR) is 103 cm³/mol. The van der Waals surface area contributed by atoms with E-state index in [1.165, 1.54) is 36.4 Å². The molecule has 28 heavy (non-hydrogen) atoms. The lowest BCUT2D eigenvalue weighted by Gasteiger charge is -2.11. The van der Waals surface area contributed by atoms with E-state index in [4.69, 9.17) is 0 Å². The van der Waals surface area contributed by atoms with Gasteiger partial charge in [0.2, 0.25) is 0 Å². The van der Waals surface area contributed by atoms with Crippen molar-refractivity contribution in [2.24, 2.45) is 0 Å². The summed E-state index contributed by atoms with van der Waals surface area (Å²) in [5, 5.41) is 2.38. The molecule has 0 aliphatic heterocycles. The smallest absolute Gasteiger partial charge is 0.327 e. The van der Waals surface area contributed by atoms with Crippen LogP contribution in [-0.4, -0.2) is 32.2 Å². The lowest BCUT2D eigenvalue weighted by Crippen LogP contribution is -2.49. The number of anilines is 1. The van der Waals surface area contributed by atoms with Crippen molar-refractivity contribution < 1.29 is 22.8 Å². The summed E-state index contributed by atoms with van der Waals surface area (Å²) in [7, 11) is -3.81. The van der Waals surface area contributed by atoms with Gasteiger partial charge in [-0.1, -0.05) is 24.3 Å². The van der Waals surface area contributed by atoms with E-state index >= 15 is 0 Å². The Hall–Kier alpha value is -3.40. The summed E-state index contributed by atoms with van der Waals surface area (Å²) in [5.41, 5.74) is 4.34. The van der Waals surface area contributed by atoms with Gasteiger partial charge in [0.25, 0.3) is 15.9 Å². The first-order valence-corrected chi connectivity index (χ1v) is 9.76. The van der Waals surface area contributed by atoms with Gasteiger partial charge in [-0.05, 0) is 44.2 Å². The molecule has 10 heteroatoms. The maximum absolute atomic E-state index is 12.3. The van der Waals surface area contributed by atoms with E-state index in [1.54, 1.807) is 32.0 Å². The number of hydrogen-bond donors (Lipinski definition) is 4. The Morgan fingerprint density at radius 3 is 2.18 bits per heavy atom. The largest absolute Gasteiger partial charge is 0.346 e. The molecule has 9 nitrogen and oxygen atoms in total. The van der Waals surface area contributed by atoms with Crippen molar-refractivity contribution in [1.29, 1.82) is 0 Å². The fourth-order valence-corrected chi connectivity index (χ4v) is 3.18. The number of rotatable bonds is 5. The topological polar surface area (TPSA) is 133 Å². The van der Waals surface area contributed by atoms with Crippen LogP contribution in [0.4, 0.5) is 5.69 Å². The molecule has 3 amide bonds. The van der Waals surface area contributed by atoms with E-state index in [0.717, 1.165) is 0 Å². The molecule has 0 fully saturated rings. The van der Waals surface area contributed by atoms with Crippen LogP contribution in [0.2, 0.25) is 0 Å². The third-order valence-electron chi connectivity index (χ3n) is 3.35. The van der Waals surface area contributed by atoms with Crippen LogP contribution in [0, 0.1) is 0 Å².